The van der Waals surface area contributed by atoms with Gasteiger partial charge in [-0.3, -0.25) is 4.79 Å². The molecule has 0 fully saturated rings. The van der Waals surface area contributed by atoms with Gasteiger partial charge in [-0.25, -0.2) is 0 Å². The summed E-state index contributed by atoms with van der Waals surface area (Å²) < 4.78 is 45.4. The first-order valence-electron chi connectivity index (χ1n) is 8.29. The largest absolute Gasteiger partial charge is 0.392 e. The number of nitrogens with one attached hydrogen (secondary N) is 1. The van der Waals surface area contributed by atoms with Gasteiger partial charge in [0.1, 0.15) is 12.4 Å². The Bertz CT molecular complexity index is 746. The maximum atomic E-state index is 12.8. The quantitative estimate of drug-likeness (QED) is 0.849. The van der Waals surface area contributed by atoms with E-state index in [1.54, 1.807) is 4.57 Å². The van der Waals surface area contributed by atoms with E-state index in [1.165, 1.54) is 0 Å². The van der Waals surface area contributed by atoms with Crippen LogP contribution in [0.15, 0.2) is 30.3 Å². The molecule has 1 N–H and O–H groups in total. The van der Waals surface area contributed by atoms with Gasteiger partial charge in [0.15, 0.2) is 5.82 Å². The molecule has 0 bridgehead atoms. The second-order valence-corrected chi connectivity index (χ2v) is 6.17. The van der Waals surface area contributed by atoms with Crippen molar-refractivity contribution in [1.29, 1.82) is 0 Å². The van der Waals surface area contributed by atoms with Gasteiger partial charge in [0.2, 0.25) is 5.91 Å². The number of aromatic nitrogens is 3. The van der Waals surface area contributed by atoms with Crippen LogP contribution >= 0.6 is 0 Å². The second kappa shape index (κ2) is 7.86. The molecule has 0 saturated carbocycles. The van der Waals surface area contributed by atoms with Crippen LogP contribution in [-0.2, 0) is 35.6 Å². The monoisotopic (exact) mass is 368 g/mol. The molecule has 0 aliphatic carbocycles. The molecule has 1 aliphatic heterocycles. The van der Waals surface area contributed by atoms with Gasteiger partial charge in [0.25, 0.3) is 0 Å². The van der Waals surface area contributed by atoms with Gasteiger partial charge in [-0.2, -0.15) is 13.2 Å². The number of ether oxygens (including phenoxy) is 1. The number of fused-ring (bicyclic) bond motifs is 1. The van der Waals surface area contributed by atoms with Crippen LogP contribution in [0.4, 0.5) is 13.2 Å². The Morgan fingerprint density at radius 2 is 2.04 bits per heavy atom. The van der Waals surface area contributed by atoms with E-state index in [1.807, 2.05) is 30.3 Å². The highest BCUT2D eigenvalue weighted by Gasteiger charge is 2.42. The molecule has 2 heterocycles. The minimum atomic E-state index is -4.22. The van der Waals surface area contributed by atoms with Crippen LogP contribution in [0.2, 0.25) is 0 Å². The first-order valence-corrected chi connectivity index (χ1v) is 8.29. The normalized spacial score (nSPS) is 17.0. The Balaban J connectivity index is 1.46. The average Bonchev–Trinajstić information content (AvgIpc) is 3.02. The van der Waals surface area contributed by atoms with Crippen LogP contribution in [0.3, 0.4) is 0 Å². The Labute approximate surface area is 148 Å². The van der Waals surface area contributed by atoms with E-state index in [9.17, 15) is 18.0 Å². The fourth-order valence-electron chi connectivity index (χ4n) is 2.86. The SMILES string of the molecule is O=C(COCc1ccccc1)NCc1nnc2n1CC[C@H](C(F)(F)F)C2. The van der Waals surface area contributed by atoms with E-state index in [2.05, 4.69) is 15.5 Å². The Morgan fingerprint density at radius 1 is 1.27 bits per heavy atom. The van der Waals surface area contributed by atoms with E-state index >= 15 is 0 Å². The lowest BCUT2D eigenvalue weighted by Crippen LogP contribution is -2.33. The van der Waals surface area contributed by atoms with Gasteiger partial charge in [0, 0.05) is 13.0 Å². The summed E-state index contributed by atoms with van der Waals surface area (Å²) in [5.74, 6) is -0.935. The van der Waals surface area contributed by atoms with Crippen LogP contribution in [0.1, 0.15) is 23.6 Å². The second-order valence-electron chi connectivity index (χ2n) is 6.17. The molecule has 1 aromatic carbocycles. The van der Waals surface area contributed by atoms with Crippen molar-refractivity contribution in [3.8, 4) is 0 Å². The molecular formula is C17H19F3N4O2. The lowest BCUT2D eigenvalue weighted by Gasteiger charge is -2.25. The summed E-state index contributed by atoms with van der Waals surface area (Å²) in [6, 6.07) is 9.46. The van der Waals surface area contributed by atoms with Gasteiger partial charge in [-0.05, 0) is 12.0 Å². The van der Waals surface area contributed by atoms with Gasteiger partial charge in [0.05, 0.1) is 19.1 Å². The maximum absolute atomic E-state index is 12.8. The van der Waals surface area contributed by atoms with Gasteiger partial charge in [-0.15, -0.1) is 10.2 Å². The summed E-state index contributed by atoms with van der Waals surface area (Å²) in [6.45, 7) is 0.527. The number of amides is 1. The van der Waals surface area contributed by atoms with Crippen molar-refractivity contribution in [2.45, 2.75) is 38.7 Å². The number of hydrogen-bond acceptors (Lipinski definition) is 4. The number of hydrogen-bond donors (Lipinski definition) is 1. The first kappa shape index (κ1) is 18.4. The molecule has 0 unspecified atom stereocenters. The standard InChI is InChI=1S/C17H19F3N4O2/c18-17(19,20)13-6-7-24-14(8-13)22-23-15(24)9-21-16(25)11-26-10-12-4-2-1-3-5-12/h1-5,13H,6-11H2,(H,21,25)/t13-/m0/s1. The van der Waals surface area contributed by atoms with Crippen molar-refractivity contribution < 1.29 is 22.7 Å². The van der Waals surface area contributed by atoms with Crippen LogP contribution < -0.4 is 5.32 Å². The molecule has 140 valence electrons. The molecule has 1 atom stereocenters. The Morgan fingerprint density at radius 3 is 2.77 bits per heavy atom. The molecule has 0 saturated heterocycles. The molecule has 1 aliphatic rings. The summed E-state index contributed by atoms with van der Waals surface area (Å²) in [6.07, 6.45) is -4.40. The highest BCUT2D eigenvalue weighted by Crippen LogP contribution is 2.34. The molecule has 9 heteroatoms. The lowest BCUT2D eigenvalue weighted by atomic mass is 9.97. The molecule has 0 spiro atoms. The smallest absolute Gasteiger partial charge is 0.367 e. The Kier molecular flexibility index (Phi) is 5.55. The van der Waals surface area contributed by atoms with Gasteiger partial charge in [-0.1, -0.05) is 30.3 Å². The number of alkyl halides is 3. The predicted octanol–water partition coefficient (Wildman–Crippen LogP) is 2.24. The van der Waals surface area contributed by atoms with Gasteiger partial charge < -0.3 is 14.6 Å². The lowest BCUT2D eigenvalue weighted by molar-refractivity contribution is -0.179. The van der Waals surface area contributed by atoms with Crippen LogP contribution in [-0.4, -0.2) is 33.5 Å². The molecule has 26 heavy (non-hydrogen) atoms. The van der Waals surface area contributed by atoms with E-state index in [-0.39, 0.29) is 38.4 Å². The van der Waals surface area contributed by atoms with Crippen molar-refractivity contribution in [1.82, 2.24) is 20.1 Å². The number of nitrogens with zero attached hydrogens (tertiary/aromatic N) is 3. The molecule has 1 aromatic heterocycles. The zero-order chi connectivity index (χ0) is 18.6. The van der Waals surface area contributed by atoms with Crippen LogP contribution in [0, 0.1) is 5.92 Å². The van der Waals surface area contributed by atoms with E-state index in [4.69, 9.17) is 4.74 Å². The van der Waals surface area contributed by atoms with Crippen molar-refractivity contribution >= 4 is 5.91 Å². The van der Waals surface area contributed by atoms with E-state index in [0.29, 0.717) is 18.3 Å². The topological polar surface area (TPSA) is 69.0 Å². The van der Waals surface area contributed by atoms with Crippen molar-refractivity contribution in [3.05, 3.63) is 47.5 Å². The highest BCUT2D eigenvalue weighted by molar-refractivity contribution is 5.77. The fourth-order valence-corrected chi connectivity index (χ4v) is 2.86. The molecule has 2 aromatic rings. The third-order valence-corrected chi connectivity index (χ3v) is 4.29. The third-order valence-electron chi connectivity index (χ3n) is 4.29. The zero-order valence-electron chi connectivity index (χ0n) is 14.0. The number of carbonyl (C=O) groups is 1. The van der Waals surface area contributed by atoms with Crippen LogP contribution in [0.25, 0.3) is 0 Å². The summed E-state index contributed by atoms with van der Waals surface area (Å²) in [5.41, 5.74) is 0.964. The fraction of sp³-hybridized carbons (Fsp3) is 0.471. The molecule has 6 nitrogen and oxygen atoms in total. The zero-order valence-corrected chi connectivity index (χ0v) is 14.0. The summed E-state index contributed by atoms with van der Waals surface area (Å²) >= 11 is 0. The molecule has 3 rings (SSSR count). The van der Waals surface area contributed by atoms with Crippen molar-refractivity contribution in [3.63, 3.8) is 0 Å². The van der Waals surface area contributed by atoms with Crippen molar-refractivity contribution in [2.75, 3.05) is 6.61 Å². The molecular weight excluding hydrogens is 349 g/mol. The number of carbonyl (C=O) groups excluding carboxylic acids is 1. The van der Waals surface area contributed by atoms with Crippen LogP contribution in [0.5, 0.6) is 0 Å². The summed E-state index contributed by atoms with van der Waals surface area (Å²) in [5, 5.41) is 10.4. The van der Waals surface area contributed by atoms with Gasteiger partial charge >= 0.3 is 6.18 Å². The maximum Gasteiger partial charge on any atom is 0.392 e. The molecule has 1 amide bonds. The summed E-state index contributed by atoms with van der Waals surface area (Å²) in [4.78, 5) is 11.8. The highest BCUT2D eigenvalue weighted by atomic mass is 19.4. The Hall–Kier alpha value is -2.42. The van der Waals surface area contributed by atoms with Crippen molar-refractivity contribution in [2.24, 2.45) is 5.92 Å². The average molecular weight is 368 g/mol. The minimum absolute atomic E-state index is 0.00429. The minimum Gasteiger partial charge on any atom is -0.367 e. The third kappa shape index (κ3) is 4.60. The predicted molar refractivity (Wildman–Crippen MR) is 85.8 cm³/mol. The summed E-state index contributed by atoms with van der Waals surface area (Å²) in [7, 11) is 0. The van der Waals surface area contributed by atoms with E-state index in [0.717, 1.165) is 5.56 Å². The number of rotatable bonds is 6. The molecule has 0 radical (unpaired) electrons. The van der Waals surface area contributed by atoms with E-state index < -0.39 is 12.1 Å². The number of halogens is 3. The first-order chi connectivity index (χ1) is 12.4. The number of benzene rings is 1.